The lowest BCUT2D eigenvalue weighted by atomic mass is 9.91. The van der Waals surface area contributed by atoms with Crippen LogP contribution in [-0.4, -0.2) is 24.8 Å². The summed E-state index contributed by atoms with van der Waals surface area (Å²) in [5.74, 6) is -0.835. The average Bonchev–Trinajstić information content (AvgIpc) is 2.73. The number of alkyl halides is 6. The Bertz CT molecular complexity index is 918. The van der Waals surface area contributed by atoms with Crippen molar-refractivity contribution in [3.05, 3.63) is 83.4 Å². The van der Waals surface area contributed by atoms with Crippen LogP contribution in [0.2, 0.25) is 0 Å². The smallest absolute Gasteiger partial charge is 0.416 e. The first-order valence-corrected chi connectivity index (χ1v) is 9.02. The zero-order chi connectivity index (χ0) is 23.3. The molecule has 0 radical (unpaired) electrons. The van der Waals surface area contributed by atoms with E-state index in [9.17, 15) is 31.1 Å². The second kappa shape index (κ2) is 9.36. The molecule has 1 unspecified atom stereocenters. The second-order valence-corrected chi connectivity index (χ2v) is 6.70. The van der Waals surface area contributed by atoms with E-state index in [1.807, 2.05) is 0 Å². The molecule has 0 saturated heterocycles. The summed E-state index contributed by atoms with van der Waals surface area (Å²) in [6, 6.07) is 10.1. The maximum absolute atomic E-state index is 13.1. The summed E-state index contributed by atoms with van der Waals surface area (Å²) >= 11 is 0. The van der Waals surface area contributed by atoms with Gasteiger partial charge in [-0.1, -0.05) is 36.4 Å². The minimum atomic E-state index is -4.99. The fourth-order valence-electron chi connectivity index (χ4n) is 2.86. The molecule has 0 bridgehead atoms. The number of rotatable bonds is 7. The zero-order valence-corrected chi connectivity index (χ0v) is 16.4. The standard InChI is InChI=1S/C22H19F6NO2/c1-3-20(19(30)31-2,10-9-15-7-5-4-6-8-15)29-14-16-11-17(21(23,24)25)13-18(12-16)22(26,27)28/h3-8,11-14H,1,9-10H2,2H3. The predicted octanol–water partition coefficient (Wildman–Crippen LogP) is 5.87. The number of benzene rings is 2. The molecule has 0 aromatic heterocycles. The topological polar surface area (TPSA) is 38.7 Å². The van der Waals surface area contributed by atoms with Gasteiger partial charge in [-0.25, -0.2) is 4.79 Å². The van der Waals surface area contributed by atoms with Crippen molar-refractivity contribution in [1.82, 2.24) is 0 Å². The molecule has 0 saturated carbocycles. The molecule has 9 heteroatoms. The van der Waals surface area contributed by atoms with Crippen molar-refractivity contribution in [2.45, 2.75) is 30.7 Å². The lowest BCUT2D eigenvalue weighted by molar-refractivity contribution is -0.145. The molecule has 0 N–H and O–H groups in total. The van der Waals surface area contributed by atoms with Crippen LogP contribution in [0, 0.1) is 0 Å². The number of esters is 1. The maximum atomic E-state index is 13.1. The summed E-state index contributed by atoms with van der Waals surface area (Å²) in [7, 11) is 1.10. The number of nitrogens with zero attached hydrogens (tertiary/aromatic N) is 1. The van der Waals surface area contributed by atoms with E-state index in [1.165, 1.54) is 0 Å². The molecule has 166 valence electrons. The van der Waals surface area contributed by atoms with Gasteiger partial charge < -0.3 is 4.74 Å². The summed E-state index contributed by atoms with van der Waals surface area (Å²) < 4.78 is 83.1. The average molecular weight is 443 g/mol. The molecule has 0 spiro atoms. The third-order valence-corrected chi connectivity index (χ3v) is 4.57. The van der Waals surface area contributed by atoms with Gasteiger partial charge in [-0.15, -0.1) is 6.58 Å². The molecule has 0 heterocycles. The Kier molecular flexibility index (Phi) is 7.30. The van der Waals surface area contributed by atoms with E-state index in [-0.39, 0.29) is 12.5 Å². The third kappa shape index (κ3) is 6.19. The van der Waals surface area contributed by atoms with Gasteiger partial charge in [-0.05, 0) is 42.2 Å². The van der Waals surface area contributed by atoms with Gasteiger partial charge >= 0.3 is 18.3 Å². The van der Waals surface area contributed by atoms with Gasteiger partial charge in [0.2, 0.25) is 0 Å². The Balaban J connectivity index is 2.47. The van der Waals surface area contributed by atoms with Crippen molar-refractivity contribution in [3.63, 3.8) is 0 Å². The number of ether oxygens (including phenoxy) is 1. The Labute approximate surface area is 175 Å². The summed E-state index contributed by atoms with van der Waals surface area (Å²) in [5.41, 5.74) is -4.24. The SMILES string of the molecule is C=CC(CCc1ccccc1)(N=Cc1cc(C(F)(F)F)cc(C(F)(F)F)c1)C(=O)OC. The molecule has 0 amide bonds. The third-order valence-electron chi connectivity index (χ3n) is 4.57. The van der Waals surface area contributed by atoms with Gasteiger partial charge in [0.15, 0.2) is 5.54 Å². The fourth-order valence-corrected chi connectivity index (χ4v) is 2.86. The van der Waals surface area contributed by atoms with Crippen LogP contribution in [0.1, 0.15) is 28.7 Å². The molecule has 2 aromatic rings. The van der Waals surface area contributed by atoms with Crippen molar-refractivity contribution in [2.24, 2.45) is 4.99 Å². The van der Waals surface area contributed by atoms with Crippen LogP contribution < -0.4 is 0 Å². The van der Waals surface area contributed by atoms with Gasteiger partial charge in [-0.2, -0.15) is 26.3 Å². The maximum Gasteiger partial charge on any atom is 0.416 e. The van der Waals surface area contributed by atoms with Crippen molar-refractivity contribution in [1.29, 1.82) is 0 Å². The minimum absolute atomic E-state index is 0.0216. The first-order chi connectivity index (χ1) is 14.4. The quantitative estimate of drug-likeness (QED) is 0.232. The molecular weight excluding hydrogens is 424 g/mol. The van der Waals surface area contributed by atoms with Crippen LogP contribution in [0.25, 0.3) is 0 Å². The van der Waals surface area contributed by atoms with Crippen molar-refractivity contribution < 1.29 is 35.9 Å². The normalized spacial score (nSPS) is 14.3. The number of hydrogen-bond donors (Lipinski definition) is 0. The number of methoxy groups -OCH3 is 1. The lowest BCUT2D eigenvalue weighted by Crippen LogP contribution is -2.36. The summed E-state index contributed by atoms with van der Waals surface area (Å²) in [6.07, 6.45) is -7.63. The van der Waals surface area contributed by atoms with E-state index < -0.39 is 40.6 Å². The lowest BCUT2D eigenvalue weighted by Gasteiger charge is -2.23. The van der Waals surface area contributed by atoms with E-state index in [0.717, 1.165) is 25.0 Å². The van der Waals surface area contributed by atoms with Gasteiger partial charge in [-0.3, -0.25) is 4.99 Å². The highest BCUT2D eigenvalue weighted by molar-refractivity contribution is 5.89. The first-order valence-electron chi connectivity index (χ1n) is 9.02. The van der Waals surface area contributed by atoms with Crippen molar-refractivity contribution in [3.8, 4) is 0 Å². The van der Waals surface area contributed by atoms with E-state index >= 15 is 0 Å². The highest BCUT2D eigenvalue weighted by Crippen LogP contribution is 2.36. The Hall–Kier alpha value is -3.10. The summed E-state index contributed by atoms with van der Waals surface area (Å²) in [5, 5.41) is 0. The number of carbonyl (C=O) groups is 1. The Morgan fingerprint density at radius 2 is 1.55 bits per heavy atom. The van der Waals surface area contributed by atoms with Gasteiger partial charge in [0.25, 0.3) is 0 Å². The predicted molar refractivity (Wildman–Crippen MR) is 104 cm³/mol. The monoisotopic (exact) mass is 443 g/mol. The number of halogens is 6. The van der Waals surface area contributed by atoms with Gasteiger partial charge in [0.1, 0.15) is 0 Å². The first kappa shape index (κ1) is 24.2. The Morgan fingerprint density at radius 3 is 2.00 bits per heavy atom. The molecule has 31 heavy (non-hydrogen) atoms. The van der Waals surface area contributed by atoms with Crippen LogP contribution in [-0.2, 0) is 28.3 Å². The van der Waals surface area contributed by atoms with Crippen LogP contribution in [0.4, 0.5) is 26.3 Å². The van der Waals surface area contributed by atoms with E-state index in [0.29, 0.717) is 18.6 Å². The summed E-state index contributed by atoms with van der Waals surface area (Å²) in [4.78, 5) is 16.4. The van der Waals surface area contributed by atoms with Crippen LogP contribution in [0.15, 0.2) is 66.2 Å². The van der Waals surface area contributed by atoms with E-state index in [1.54, 1.807) is 30.3 Å². The van der Waals surface area contributed by atoms with Crippen molar-refractivity contribution >= 4 is 12.2 Å². The minimum Gasteiger partial charge on any atom is -0.467 e. The summed E-state index contributed by atoms with van der Waals surface area (Å²) in [6.45, 7) is 3.57. The van der Waals surface area contributed by atoms with Crippen LogP contribution in [0.3, 0.4) is 0 Å². The molecule has 2 rings (SSSR count). The molecule has 0 aliphatic heterocycles. The van der Waals surface area contributed by atoms with Crippen molar-refractivity contribution in [2.75, 3.05) is 7.11 Å². The number of aryl methyl sites for hydroxylation is 1. The highest BCUT2D eigenvalue weighted by atomic mass is 19.4. The molecule has 3 nitrogen and oxygen atoms in total. The molecular formula is C22H19F6NO2. The van der Waals surface area contributed by atoms with Crippen LogP contribution >= 0.6 is 0 Å². The fraction of sp³-hybridized carbons (Fsp3) is 0.273. The second-order valence-electron chi connectivity index (χ2n) is 6.70. The van der Waals surface area contributed by atoms with E-state index in [4.69, 9.17) is 4.74 Å². The molecule has 0 aliphatic rings. The van der Waals surface area contributed by atoms with E-state index in [2.05, 4.69) is 11.6 Å². The van der Waals surface area contributed by atoms with Gasteiger partial charge in [0.05, 0.1) is 18.2 Å². The van der Waals surface area contributed by atoms with Crippen LogP contribution in [0.5, 0.6) is 0 Å². The Morgan fingerprint density at radius 1 is 1.00 bits per heavy atom. The molecule has 0 aliphatic carbocycles. The molecule has 1 atom stereocenters. The number of carbonyl (C=O) groups excluding carboxylic acids is 1. The van der Waals surface area contributed by atoms with Gasteiger partial charge in [0, 0.05) is 6.21 Å². The number of aliphatic imine (C=N–C) groups is 1. The zero-order valence-electron chi connectivity index (χ0n) is 16.4. The molecule has 2 aromatic carbocycles. The largest absolute Gasteiger partial charge is 0.467 e. The number of hydrogen-bond acceptors (Lipinski definition) is 3. The molecule has 0 fully saturated rings. The highest BCUT2D eigenvalue weighted by Gasteiger charge is 2.38.